The summed E-state index contributed by atoms with van der Waals surface area (Å²) in [6, 6.07) is 4.12. The molecule has 0 unspecified atom stereocenters. The molecule has 2 rings (SSSR count). The van der Waals surface area contributed by atoms with Crippen LogP contribution in [0.1, 0.15) is 68.7 Å². The van der Waals surface area contributed by atoms with Gasteiger partial charge in [-0.1, -0.05) is 44.4 Å². The fourth-order valence-corrected chi connectivity index (χ4v) is 4.53. The Kier molecular flexibility index (Phi) is 9.56. The van der Waals surface area contributed by atoms with E-state index in [1.807, 2.05) is 27.8 Å². The van der Waals surface area contributed by atoms with Crippen molar-refractivity contribution in [3.8, 4) is 0 Å². The summed E-state index contributed by atoms with van der Waals surface area (Å²) in [5.41, 5.74) is 3.86. The lowest BCUT2D eigenvalue weighted by atomic mass is 9.84. The number of carbonyl (C=O) groups excluding carboxylic acids is 2. The number of aryl methyl sites for hydroxylation is 3. The number of amides is 1. The standard InChI is InChI=1S/C23H33NO4.CH4O/c1-8-11-23(12-9-2)20(28-22(26)27-10-3)19(21(25)24(23)7)18-16(5)13-15(4)14-17(18)6;1-2/h13-14H,8-12H2,1-7H3;2H,1H3. The quantitative estimate of drug-likeness (QED) is 0.635. The molecule has 1 aromatic carbocycles. The predicted octanol–water partition coefficient (Wildman–Crippen LogP) is 4.92. The number of nitrogens with zero attached hydrogens (tertiary/aromatic N) is 1. The van der Waals surface area contributed by atoms with Gasteiger partial charge in [0.05, 0.1) is 12.2 Å². The van der Waals surface area contributed by atoms with Gasteiger partial charge >= 0.3 is 6.16 Å². The van der Waals surface area contributed by atoms with E-state index in [9.17, 15) is 9.59 Å². The van der Waals surface area contributed by atoms with Crippen LogP contribution in [0, 0.1) is 20.8 Å². The maximum atomic E-state index is 13.4. The number of hydrogen-bond acceptors (Lipinski definition) is 5. The van der Waals surface area contributed by atoms with Crippen LogP contribution in [0.3, 0.4) is 0 Å². The summed E-state index contributed by atoms with van der Waals surface area (Å²) >= 11 is 0. The molecule has 0 aromatic heterocycles. The molecule has 0 saturated carbocycles. The molecule has 0 bridgehead atoms. The van der Waals surface area contributed by atoms with Gasteiger partial charge in [-0.2, -0.15) is 0 Å². The maximum Gasteiger partial charge on any atom is 0.513 e. The molecular formula is C24H37NO5. The third-order valence-electron chi connectivity index (χ3n) is 5.51. The molecule has 0 saturated heterocycles. The molecule has 0 aliphatic carbocycles. The lowest BCUT2D eigenvalue weighted by Crippen LogP contribution is -2.46. The van der Waals surface area contributed by atoms with Crippen molar-refractivity contribution in [2.45, 2.75) is 72.8 Å². The maximum absolute atomic E-state index is 13.4. The van der Waals surface area contributed by atoms with E-state index in [4.69, 9.17) is 14.6 Å². The summed E-state index contributed by atoms with van der Waals surface area (Å²) in [5, 5.41) is 7.00. The monoisotopic (exact) mass is 419 g/mol. The summed E-state index contributed by atoms with van der Waals surface area (Å²) in [6.45, 7) is 12.2. The number of benzene rings is 1. The van der Waals surface area contributed by atoms with Crippen molar-refractivity contribution >= 4 is 17.6 Å². The Hall–Kier alpha value is -2.34. The highest BCUT2D eigenvalue weighted by Gasteiger charge is 2.52. The average Bonchev–Trinajstić information content (AvgIpc) is 2.86. The molecule has 1 N–H and O–H groups in total. The molecule has 1 heterocycles. The van der Waals surface area contributed by atoms with E-state index in [1.165, 1.54) is 0 Å². The first kappa shape index (κ1) is 25.7. The number of rotatable bonds is 7. The smallest absolute Gasteiger partial charge is 0.434 e. The van der Waals surface area contributed by atoms with Crippen molar-refractivity contribution in [3.05, 3.63) is 40.1 Å². The van der Waals surface area contributed by atoms with Crippen LogP contribution in [-0.2, 0) is 14.3 Å². The van der Waals surface area contributed by atoms with Gasteiger partial charge in [0.2, 0.25) is 0 Å². The second-order valence-corrected chi connectivity index (χ2v) is 7.66. The second-order valence-electron chi connectivity index (χ2n) is 7.66. The average molecular weight is 420 g/mol. The van der Waals surface area contributed by atoms with Gasteiger partial charge in [-0.15, -0.1) is 0 Å². The van der Waals surface area contributed by atoms with Crippen LogP contribution in [0.5, 0.6) is 0 Å². The number of carbonyl (C=O) groups is 2. The number of likely N-dealkylation sites (N-methyl/N-ethyl adjacent to an activating group) is 1. The number of ether oxygens (including phenoxy) is 2. The van der Waals surface area contributed by atoms with Gasteiger partial charge in [-0.3, -0.25) is 4.79 Å². The predicted molar refractivity (Wildman–Crippen MR) is 119 cm³/mol. The van der Waals surface area contributed by atoms with Crippen molar-refractivity contribution in [1.29, 1.82) is 0 Å². The Morgan fingerprint density at radius 1 is 1.03 bits per heavy atom. The van der Waals surface area contributed by atoms with E-state index in [0.717, 1.165) is 55.0 Å². The largest absolute Gasteiger partial charge is 0.513 e. The molecular weight excluding hydrogens is 382 g/mol. The highest BCUT2D eigenvalue weighted by Crippen LogP contribution is 2.47. The summed E-state index contributed by atoms with van der Waals surface area (Å²) < 4.78 is 10.8. The second kappa shape index (κ2) is 11.2. The Morgan fingerprint density at radius 3 is 1.97 bits per heavy atom. The van der Waals surface area contributed by atoms with Crippen molar-refractivity contribution in [3.63, 3.8) is 0 Å². The van der Waals surface area contributed by atoms with Gasteiger partial charge in [0.15, 0.2) is 5.76 Å². The van der Waals surface area contributed by atoms with Crippen LogP contribution >= 0.6 is 0 Å². The molecule has 1 aromatic rings. The molecule has 168 valence electrons. The molecule has 0 atom stereocenters. The third kappa shape index (κ3) is 4.86. The van der Waals surface area contributed by atoms with E-state index in [-0.39, 0.29) is 12.5 Å². The zero-order valence-corrected chi connectivity index (χ0v) is 19.7. The Balaban J connectivity index is 0.00000218. The highest BCUT2D eigenvalue weighted by atomic mass is 16.7. The van der Waals surface area contributed by atoms with Gasteiger partial charge < -0.3 is 19.5 Å². The van der Waals surface area contributed by atoms with Crippen LogP contribution in [0.2, 0.25) is 0 Å². The lowest BCUT2D eigenvalue weighted by Gasteiger charge is -2.37. The SMILES string of the molecule is CCCC1(CCC)C(OC(=O)OCC)=C(c2c(C)cc(C)cc2C)C(=O)N1C.CO. The van der Waals surface area contributed by atoms with E-state index < -0.39 is 11.7 Å². The van der Waals surface area contributed by atoms with Crippen LogP contribution in [-0.4, -0.2) is 48.4 Å². The Morgan fingerprint density at radius 2 is 1.53 bits per heavy atom. The normalized spacial score (nSPS) is 15.1. The fourth-order valence-electron chi connectivity index (χ4n) is 4.53. The number of aliphatic hydroxyl groups is 1. The first-order valence-corrected chi connectivity index (χ1v) is 10.6. The zero-order chi connectivity index (χ0) is 23.1. The molecule has 0 radical (unpaired) electrons. The summed E-state index contributed by atoms with van der Waals surface area (Å²) in [7, 11) is 2.81. The summed E-state index contributed by atoms with van der Waals surface area (Å²) in [4.78, 5) is 27.5. The van der Waals surface area contributed by atoms with Crippen molar-refractivity contribution in [2.75, 3.05) is 20.8 Å². The van der Waals surface area contributed by atoms with Crippen molar-refractivity contribution in [1.82, 2.24) is 4.90 Å². The molecule has 1 aliphatic heterocycles. The summed E-state index contributed by atoms with van der Waals surface area (Å²) in [6.07, 6.45) is 2.44. The van der Waals surface area contributed by atoms with Gasteiger partial charge in [0, 0.05) is 14.2 Å². The molecule has 30 heavy (non-hydrogen) atoms. The number of hydrogen-bond donors (Lipinski definition) is 1. The van der Waals surface area contributed by atoms with Gasteiger partial charge in [-0.25, -0.2) is 4.79 Å². The van der Waals surface area contributed by atoms with Crippen LogP contribution in [0.15, 0.2) is 17.9 Å². The van der Waals surface area contributed by atoms with Crippen LogP contribution < -0.4 is 0 Å². The Bertz CT molecular complexity index is 768. The van der Waals surface area contributed by atoms with Crippen molar-refractivity contribution < 1.29 is 24.2 Å². The molecule has 6 nitrogen and oxygen atoms in total. The van der Waals surface area contributed by atoms with E-state index >= 15 is 0 Å². The molecule has 1 aliphatic rings. The molecule has 0 spiro atoms. The highest BCUT2D eigenvalue weighted by molar-refractivity contribution is 6.24. The first-order valence-electron chi connectivity index (χ1n) is 10.6. The van der Waals surface area contributed by atoms with E-state index in [1.54, 1.807) is 11.8 Å². The van der Waals surface area contributed by atoms with Gasteiger partial charge in [-0.05, 0) is 57.2 Å². The lowest BCUT2D eigenvalue weighted by molar-refractivity contribution is -0.127. The minimum Gasteiger partial charge on any atom is -0.434 e. The van der Waals surface area contributed by atoms with Gasteiger partial charge in [0.1, 0.15) is 5.54 Å². The fraction of sp³-hybridized carbons (Fsp3) is 0.583. The van der Waals surface area contributed by atoms with Gasteiger partial charge in [0.25, 0.3) is 5.91 Å². The Labute approximate surface area is 180 Å². The minimum atomic E-state index is -0.753. The van der Waals surface area contributed by atoms with Crippen LogP contribution in [0.4, 0.5) is 4.79 Å². The summed E-state index contributed by atoms with van der Waals surface area (Å²) in [5.74, 6) is 0.341. The molecule has 6 heteroatoms. The van der Waals surface area contributed by atoms with E-state index in [2.05, 4.69) is 26.0 Å². The topological polar surface area (TPSA) is 76.1 Å². The molecule has 1 amide bonds. The minimum absolute atomic E-state index is 0.101. The number of aliphatic hydroxyl groups excluding tert-OH is 1. The van der Waals surface area contributed by atoms with E-state index in [0.29, 0.717) is 11.3 Å². The van der Waals surface area contributed by atoms with Crippen LogP contribution in [0.25, 0.3) is 5.57 Å². The molecule has 0 fully saturated rings. The first-order chi connectivity index (χ1) is 14.2. The third-order valence-corrected chi connectivity index (χ3v) is 5.51. The zero-order valence-electron chi connectivity index (χ0n) is 19.7. The van der Waals surface area contributed by atoms with Crippen molar-refractivity contribution in [2.24, 2.45) is 0 Å².